The third-order valence-electron chi connectivity index (χ3n) is 4.56. The molecule has 2 atom stereocenters. The van der Waals surface area contributed by atoms with Crippen LogP contribution in [-0.2, 0) is 0 Å². The molecule has 1 aliphatic heterocycles. The van der Waals surface area contributed by atoms with E-state index in [9.17, 15) is 0 Å². The maximum absolute atomic E-state index is 6.17. The fraction of sp³-hybridized carbons (Fsp3) is 0.667. The topological polar surface area (TPSA) is 45.4 Å². The first-order valence-electron chi connectivity index (χ1n) is 7.47. The van der Waals surface area contributed by atoms with Gasteiger partial charge in [-0.05, 0) is 30.9 Å². The van der Waals surface area contributed by atoms with Gasteiger partial charge in [0.1, 0.15) is 5.82 Å². The molecule has 0 amide bonds. The molecule has 0 spiro atoms. The number of anilines is 1. The molecule has 2 N–H and O–H groups in total. The van der Waals surface area contributed by atoms with Gasteiger partial charge in [0.15, 0.2) is 0 Å². The van der Waals surface area contributed by atoms with Crippen molar-refractivity contribution in [3.63, 3.8) is 0 Å². The zero-order valence-corrected chi connectivity index (χ0v) is 11.5. The second-order valence-electron chi connectivity index (χ2n) is 5.83. The van der Waals surface area contributed by atoms with Gasteiger partial charge in [-0.2, -0.15) is 0 Å². The molecule has 2 heterocycles. The van der Waals surface area contributed by atoms with Crippen LogP contribution < -0.4 is 10.6 Å². The number of hydrogen-bond donors (Lipinski definition) is 1. The number of piperazine rings is 1. The molecule has 0 radical (unpaired) electrons. The van der Waals surface area contributed by atoms with Gasteiger partial charge in [0.05, 0.1) is 0 Å². The predicted molar refractivity (Wildman–Crippen MR) is 78.2 cm³/mol. The summed E-state index contributed by atoms with van der Waals surface area (Å²) in [6.07, 6.45) is 5.74. The zero-order valence-electron chi connectivity index (χ0n) is 11.5. The molecule has 2 unspecified atom stereocenters. The Labute approximate surface area is 115 Å². The van der Waals surface area contributed by atoms with Gasteiger partial charge in [-0.3, -0.25) is 4.90 Å². The van der Waals surface area contributed by atoms with E-state index in [1.54, 1.807) is 0 Å². The smallest absolute Gasteiger partial charge is 0.128 e. The molecule has 2 aliphatic rings. The second-order valence-corrected chi connectivity index (χ2v) is 5.83. The van der Waals surface area contributed by atoms with Gasteiger partial charge in [-0.15, -0.1) is 0 Å². The van der Waals surface area contributed by atoms with Crippen LogP contribution in [0.2, 0.25) is 0 Å². The van der Waals surface area contributed by atoms with E-state index < -0.39 is 0 Å². The van der Waals surface area contributed by atoms with E-state index in [1.807, 2.05) is 12.3 Å². The van der Waals surface area contributed by atoms with Crippen LogP contribution in [0.25, 0.3) is 0 Å². The molecule has 104 valence electrons. The lowest BCUT2D eigenvalue weighted by Gasteiger charge is -2.37. The fourth-order valence-electron chi connectivity index (χ4n) is 3.32. The van der Waals surface area contributed by atoms with Crippen molar-refractivity contribution in [2.24, 2.45) is 11.7 Å². The molecule has 2 fully saturated rings. The first-order chi connectivity index (χ1) is 9.33. The Bertz CT molecular complexity index is 386. The molecule has 19 heavy (non-hydrogen) atoms. The van der Waals surface area contributed by atoms with Gasteiger partial charge >= 0.3 is 0 Å². The lowest BCUT2D eigenvalue weighted by molar-refractivity contribution is 0.211. The van der Waals surface area contributed by atoms with Crippen molar-refractivity contribution in [3.05, 3.63) is 24.4 Å². The molecule has 1 saturated heterocycles. The monoisotopic (exact) mass is 260 g/mol. The summed E-state index contributed by atoms with van der Waals surface area (Å²) in [5.74, 6) is 1.83. The number of aromatic nitrogens is 1. The second kappa shape index (κ2) is 5.88. The third kappa shape index (κ3) is 3.07. The van der Waals surface area contributed by atoms with Crippen molar-refractivity contribution in [1.29, 1.82) is 0 Å². The van der Waals surface area contributed by atoms with Gasteiger partial charge in [-0.25, -0.2) is 4.98 Å². The van der Waals surface area contributed by atoms with Gasteiger partial charge in [0.25, 0.3) is 0 Å². The average Bonchev–Trinajstić information content (AvgIpc) is 2.86. The quantitative estimate of drug-likeness (QED) is 0.890. The fourth-order valence-corrected chi connectivity index (χ4v) is 3.32. The summed E-state index contributed by atoms with van der Waals surface area (Å²) < 4.78 is 0. The van der Waals surface area contributed by atoms with Crippen molar-refractivity contribution >= 4 is 5.82 Å². The highest BCUT2D eigenvalue weighted by Crippen LogP contribution is 2.25. The Morgan fingerprint density at radius 1 is 1.16 bits per heavy atom. The number of hydrogen-bond acceptors (Lipinski definition) is 4. The molecule has 4 nitrogen and oxygen atoms in total. The summed E-state index contributed by atoms with van der Waals surface area (Å²) in [5, 5.41) is 0. The van der Waals surface area contributed by atoms with Crippen molar-refractivity contribution < 1.29 is 0 Å². The van der Waals surface area contributed by atoms with Gasteiger partial charge in [-0.1, -0.05) is 12.5 Å². The number of nitrogens with two attached hydrogens (primary N) is 1. The number of rotatable bonds is 3. The van der Waals surface area contributed by atoms with E-state index in [0.717, 1.165) is 37.9 Å². The molecule has 0 aromatic carbocycles. The molecule has 0 bridgehead atoms. The minimum atomic E-state index is 0.439. The Kier molecular flexibility index (Phi) is 3.99. The van der Waals surface area contributed by atoms with E-state index in [2.05, 4.69) is 26.9 Å². The summed E-state index contributed by atoms with van der Waals surface area (Å²) in [4.78, 5) is 9.39. The van der Waals surface area contributed by atoms with Crippen LogP contribution in [0.3, 0.4) is 0 Å². The van der Waals surface area contributed by atoms with Crippen LogP contribution in [-0.4, -0.2) is 48.6 Å². The van der Waals surface area contributed by atoms with E-state index in [0.29, 0.717) is 6.04 Å². The van der Waals surface area contributed by atoms with Crippen molar-refractivity contribution in [2.75, 3.05) is 37.6 Å². The van der Waals surface area contributed by atoms with Crippen molar-refractivity contribution in [3.8, 4) is 0 Å². The van der Waals surface area contributed by atoms with E-state index in [4.69, 9.17) is 5.73 Å². The maximum Gasteiger partial charge on any atom is 0.128 e. The summed E-state index contributed by atoms with van der Waals surface area (Å²) >= 11 is 0. The molecule has 4 heteroatoms. The Morgan fingerprint density at radius 3 is 2.63 bits per heavy atom. The molecule has 1 aromatic heterocycles. The third-order valence-corrected chi connectivity index (χ3v) is 4.56. The van der Waals surface area contributed by atoms with Crippen LogP contribution >= 0.6 is 0 Å². The van der Waals surface area contributed by atoms with Gasteiger partial charge in [0.2, 0.25) is 0 Å². The van der Waals surface area contributed by atoms with Crippen molar-refractivity contribution in [1.82, 2.24) is 9.88 Å². The van der Waals surface area contributed by atoms with Gasteiger partial charge in [0, 0.05) is 45.0 Å². The van der Waals surface area contributed by atoms with E-state index in [1.165, 1.54) is 25.8 Å². The highest BCUT2D eigenvalue weighted by molar-refractivity contribution is 5.38. The van der Waals surface area contributed by atoms with E-state index >= 15 is 0 Å². The first kappa shape index (κ1) is 12.9. The highest BCUT2D eigenvalue weighted by Gasteiger charge is 2.27. The number of nitrogens with zero attached hydrogens (tertiary/aromatic N) is 3. The predicted octanol–water partition coefficient (Wildman–Crippen LogP) is 1.33. The normalized spacial score (nSPS) is 28.8. The average molecular weight is 260 g/mol. The van der Waals surface area contributed by atoms with Crippen LogP contribution in [0.4, 0.5) is 5.82 Å². The highest BCUT2D eigenvalue weighted by atomic mass is 15.3. The molecule has 1 aliphatic carbocycles. The van der Waals surface area contributed by atoms with E-state index in [-0.39, 0.29) is 0 Å². The van der Waals surface area contributed by atoms with Crippen LogP contribution in [0, 0.1) is 5.92 Å². The maximum atomic E-state index is 6.17. The Hall–Kier alpha value is -1.13. The minimum Gasteiger partial charge on any atom is -0.354 e. The Morgan fingerprint density at radius 2 is 2.00 bits per heavy atom. The summed E-state index contributed by atoms with van der Waals surface area (Å²) in [6, 6.07) is 6.57. The zero-order chi connectivity index (χ0) is 13.1. The number of pyridine rings is 1. The molecule has 1 aromatic rings. The SMILES string of the molecule is NC1CCCC1CN1CCN(c2ccccn2)CC1. The lowest BCUT2D eigenvalue weighted by Crippen LogP contribution is -2.49. The van der Waals surface area contributed by atoms with Crippen LogP contribution in [0.5, 0.6) is 0 Å². The Balaban J connectivity index is 1.49. The molecule has 1 saturated carbocycles. The molecular weight excluding hydrogens is 236 g/mol. The first-order valence-corrected chi connectivity index (χ1v) is 7.47. The molecule has 3 rings (SSSR count). The standard InChI is InChI=1S/C15H24N4/c16-14-5-3-4-13(14)12-18-8-10-19(11-9-18)15-6-1-2-7-17-15/h1-2,6-7,13-14H,3-5,8-12,16H2. The van der Waals surface area contributed by atoms with Crippen molar-refractivity contribution in [2.45, 2.75) is 25.3 Å². The summed E-state index contributed by atoms with van der Waals surface area (Å²) in [6.45, 7) is 5.63. The van der Waals surface area contributed by atoms with Crippen LogP contribution in [0.1, 0.15) is 19.3 Å². The minimum absolute atomic E-state index is 0.439. The molecular formula is C15H24N4. The van der Waals surface area contributed by atoms with Gasteiger partial charge < -0.3 is 10.6 Å². The summed E-state index contributed by atoms with van der Waals surface area (Å²) in [7, 11) is 0. The summed E-state index contributed by atoms with van der Waals surface area (Å²) in [5.41, 5.74) is 6.17. The van der Waals surface area contributed by atoms with Crippen LogP contribution in [0.15, 0.2) is 24.4 Å². The lowest BCUT2D eigenvalue weighted by atomic mass is 10.0. The largest absolute Gasteiger partial charge is 0.354 e.